The number of hydrogen-bond acceptors (Lipinski definition) is 2. The number of benzene rings is 1. The Kier molecular flexibility index (Phi) is 4.97. The van der Waals surface area contributed by atoms with E-state index in [4.69, 9.17) is 11.6 Å². The molecule has 0 amide bonds. The van der Waals surface area contributed by atoms with Crippen LogP contribution in [0.5, 0.6) is 0 Å². The van der Waals surface area contributed by atoms with Crippen LogP contribution in [0.3, 0.4) is 0 Å². The summed E-state index contributed by atoms with van der Waals surface area (Å²) in [6.07, 6.45) is 1.87. The van der Waals surface area contributed by atoms with Gasteiger partial charge in [-0.3, -0.25) is 0 Å². The van der Waals surface area contributed by atoms with Crippen LogP contribution >= 0.6 is 23.4 Å². The molecule has 1 nitrogen and oxygen atoms in total. The van der Waals surface area contributed by atoms with Crippen molar-refractivity contribution in [2.24, 2.45) is 0 Å². The topological polar surface area (TPSA) is 20.2 Å². The van der Waals surface area contributed by atoms with Crippen molar-refractivity contribution in [2.75, 3.05) is 5.75 Å². The standard InChI is InChI=1S/C12H17ClOS/c1-12(2,14)8-3-9-15-11-6-4-10(13)5-7-11/h4-7,14H,3,8-9H2,1-2H3. The van der Waals surface area contributed by atoms with Crippen molar-refractivity contribution in [1.82, 2.24) is 0 Å². The summed E-state index contributed by atoms with van der Waals surface area (Å²) in [5.41, 5.74) is -0.541. The van der Waals surface area contributed by atoms with Crippen molar-refractivity contribution in [1.29, 1.82) is 0 Å². The molecule has 0 aliphatic carbocycles. The Hall–Kier alpha value is -0.180. The Morgan fingerprint density at radius 1 is 1.27 bits per heavy atom. The lowest BCUT2D eigenvalue weighted by Gasteiger charge is -2.16. The second kappa shape index (κ2) is 5.78. The normalized spacial score (nSPS) is 11.7. The molecule has 0 saturated carbocycles. The Morgan fingerprint density at radius 2 is 1.87 bits per heavy atom. The maximum atomic E-state index is 9.52. The van der Waals surface area contributed by atoms with Gasteiger partial charge in [0, 0.05) is 9.92 Å². The third-order valence-corrected chi connectivity index (χ3v) is 3.37. The Labute approximate surface area is 101 Å². The maximum absolute atomic E-state index is 9.52. The van der Waals surface area contributed by atoms with Crippen molar-refractivity contribution < 1.29 is 5.11 Å². The van der Waals surface area contributed by atoms with Crippen molar-refractivity contribution in [3.05, 3.63) is 29.3 Å². The molecule has 0 heterocycles. The average molecular weight is 245 g/mol. The van der Waals surface area contributed by atoms with Gasteiger partial charge in [-0.05, 0) is 56.7 Å². The van der Waals surface area contributed by atoms with Gasteiger partial charge in [0.1, 0.15) is 0 Å². The van der Waals surface area contributed by atoms with Gasteiger partial charge in [0.05, 0.1) is 5.60 Å². The highest BCUT2D eigenvalue weighted by Gasteiger charge is 2.11. The first-order valence-electron chi connectivity index (χ1n) is 5.08. The van der Waals surface area contributed by atoms with Crippen molar-refractivity contribution in [2.45, 2.75) is 37.2 Å². The van der Waals surface area contributed by atoms with E-state index < -0.39 is 5.60 Å². The van der Waals surface area contributed by atoms with E-state index in [2.05, 4.69) is 0 Å². The summed E-state index contributed by atoms with van der Waals surface area (Å²) in [6.45, 7) is 3.69. The van der Waals surface area contributed by atoms with Gasteiger partial charge in [0.15, 0.2) is 0 Å². The van der Waals surface area contributed by atoms with Crippen LogP contribution in [0.2, 0.25) is 5.02 Å². The van der Waals surface area contributed by atoms with Crippen molar-refractivity contribution in [3.8, 4) is 0 Å². The Morgan fingerprint density at radius 3 is 2.40 bits per heavy atom. The third-order valence-electron chi connectivity index (χ3n) is 2.02. The van der Waals surface area contributed by atoms with Crippen LogP contribution in [0.4, 0.5) is 0 Å². The number of aliphatic hydroxyl groups is 1. The highest BCUT2D eigenvalue weighted by Crippen LogP contribution is 2.22. The zero-order chi connectivity index (χ0) is 11.3. The molecule has 0 fully saturated rings. The summed E-state index contributed by atoms with van der Waals surface area (Å²) >= 11 is 7.59. The fourth-order valence-electron chi connectivity index (χ4n) is 1.23. The summed E-state index contributed by atoms with van der Waals surface area (Å²) in [4.78, 5) is 1.23. The summed E-state index contributed by atoms with van der Waals surface area (Å²) in [6, 6.07) is 7.86. The molecule has 0 spiro atoms. The minimum absolute atomic E-state index is 0.541. The van der Waals surface area contributed by atoms with Gasteiger partial charge in [0.25, 0.3) is 0 Å². The molecule has 1 rings (SSSR count). The van der Waals surface area contributed by atoms with Crippen molar-refractivity contribution >= 4 is 23.4 Å². The SMILES string of the molecule is CC(C)(O)CCCSc1ccc(Cl)cc1. The molecule has 15 heavy (non-hydrogen) atoms. The summed E-state index contributed by atoms with van der Waals surface area (Å²) in [5.74, 6) is 1.03. The predicted molar refractivity (Wildman–Crippen MR) is 67.7 cm³/mol. The second-order valence-corrected chi connectivity index (χ2v) is 5.82. The van der Waals surface area contributed by atoms with Crippen LogP contribution in [0.1, 0.15) is 26.7 Å². The van der Waals surface area contributed by atoms with Crippen LogP contribution in [0.25, 0.3) is 0 Å². The molecule has 1 aromatic carbocycles. The number of thioether (sulfide) groups is 1. The number of hydrogen-bond donors (Lipinski definition) is 1. The van der Waals surface area contributed by atoms with Gasteiger partial charge in [-0.15, -0.1) is 11.8 Å². The van der Waals surface area contributed by atoms with Gasteiger partial charge in [-0.2, -0.15) is 0 Å². The molecule has 1 N–H and O–H groups in total. The molecular weight excluding hydrogens is 228 g/mol. The molecule has 0 atom stereocenters. The highest BCUT2D eigenvalue weighted by molar-refractivity contribution is 7.99. The second-order valence-electron chi connectivity index (χ2n) is 4.22. The molecule has 0 unspecified atom stereocenters. The Bertz CT molecular complexity index is 289. The first-order valence-corrected chi connectivity index (χ1v) is 6.44. The highest BCUT2D eigenvalue weighted by atomic mass is 35.5. The molecular formula is C12H17ClOS. The zero-order valence-corrected chi connectivity index (χ0v) is 10.7. The number of rotatable bonds is 5. The molecule has 84 valence electrons. The molecule has 0 aliphatic rings. The van der Waals surface area contributed by atoms with E-state index in [9.17, 15) is 5.11 Å². The van der Waals surface area contributed by atoms with Crippen LogP contribution in [-0.4, -0.2) is 16.5 Å². The van der Waals surface area contributed by atoms with Crippen LogP contribution < -0.4 is 0 Å². The van der Waals surface area contributed by atoms with Gasteiger partial charge in [-0.25, -0.2) is 0 Å². The fourth-order valence-corrected chi connectivity index (χ4v) is 2.20. The van der Waals surface area contributed by atoms with E-state index in [1.54, 1.807) is 11.8 Å². The van der Waals surface area contributed by atoms with Crippen molar-refractivity contribution in [3.63, 3.8) is 0 Å². The minimum Gasteiger partial charge on any atom is -0.390 e. The third kappa shape index (κ3) is 6.08. The van der Waals surface area contributed by atoms with Gasteiger partial charge >= 0.3 is 0 Å². The maximum Gasteiger partial charge on any atom is 0.0592 e. The lowest BCUT2D eigenvalue weighted by atomic mass is 10.0. The minimum atomic E-state index is -0.541. The first-order chi connectivity index (χ1) is 6.97. The summed E-state index contributed by atoms with van der Waals surface area (Å²) in [7, 11) is 0. The summed E-state index contributed by atoms with van der Waals surface area (Å²) < 4.78 is 0. The molecule has 0 bridgehead atoms. The van der Waals surface area contributed by atoms with Crippen LogP contribution in [0.15, 0.2) is 29.2 Å². The number of halogens is 1. The lowest BCUT2D eigenvalue weighted by molar-refractivity contribution is 0.0706. The molecule has 1 aromatic rings. The van der Waals surface area contributed by atoms with Crippen LogP contribution in [0, 0.1) is 0 Å². The monoisotopic (exact) mass is 244 g/mol. The fraction of sp³-hybridized carbons (Fsp3) is 0.500. The van der Waals surface area contributed by atoms with Gasteiger partial charge < -0.3 is 5.11 Å². The average Bonchev–Trinajstić information content (AvgIpc) is 2.14. The van der Waals surface area contributed by atoms with E-state index in [0.29, 0.717) is 0 Å². The molecule has 3 heteroatoms. The lowest BCUT2D eigenvalue weighted by Crippen LogP contribution is -2.18. The molecule has 0 aliphatic heterocycles. The summed E-state index contributed by atoms with van der Waals surface area (Å²) in [5, 5.41) is 10.3. The predicted octanol–water partition coefficient (Wildman–Crippen LogP) is 3.98. The smallest absolute Gasteiger partial charge is 0.0592 e. The van der Waals surface area contributed by atoms with E-state index >= 15 is 0 Å². The molecule has 0 aromatic heterocycles. The van der Waals surface area contributed by atoms with E-state index in [-0.39, 0.29) is 0 Å². The molecule has 0 saturated heterocycles. The van der Waals surface area contributed by atoms with E-state index in [0.717, 1.165) is 23.6 Å². The van der Waals surface area contributed by atoms with Crippen LogP contribution in [-0.2, 0) is 0 Å². The Balaban J connectivity index is 2.23. The quantitative estimate of drug-likeness (QED) is 0.625. The van der Waals surface area contributed by atoms with Gasteiger partial charge in [0.2, 0.25) is 0 Å². The zero-order valence-electron chi connectivity index (χ0n) is 9.16. The van der Waals surface area contributed by atoms with E-state index in [1.165, 1.54) is 4.90 Å². The molecule has 0 radical (unpaired) electrons. The first kappa shape index (κ1) is 12.9. The van der Waals surface area contributed by atoms with Gasteiger partial charge in [-0.1, -0.05) is 11.6 Å². The largest absolute Gasteiger partial charge is 0.390 e. The van der Waals surface area contributed by atoms with E-state index in [1.807, 2.05) is 38.1 Å².